The Morgan fingerprint density at radius 2 is 1.48 bits per heavy atom. The van der Waals surface area contributed by atoms with E-state index in [1.54, 1.807) is 12.1 Å². The molecule has 0 bridgehead atoms. The molecule has 0 saturated carbocycles. The summed E-state index contributed by atoms with van der Waals surface area (Å²) in [6.07, 6.45) is 0. The van der Waals surface area contributed by atoms with Crippen molar-refractivity contribution in [2.45, 2.75) is 0 Å². The van der Waals surface area contributed by atoms with Gasteiger partial charge in [-0.2, -0.15) is 5.26 Å². The van der Waals surface area contributed by atoms with Crippen LogP contribution in [-0.2, 0) is 0 Å². The summed E-state index contributed by atoms with van der Waals surface area (Å²) in [4.78, 5) is 4.61. The second kappa shape index (κ2) is 7.75. The van der Waals surface area contributed by atoms with Gasteiger partial charge in [-0.3, -0.25) is 0 Å². The molecule has 0 aliphatic heterocycles. The van der Waals surface area contributed by atoms with Crippen LogP contribution in [0.1, 0.15) is 5.56 Å². The Labute approximate surface area is 168 Å². The van der Waals surface area contributed by atoms with Crippen LogP contribution in [0.25, 0.3) is 22.4 Å². The van der Waals surface area contributed by atoms with E-state index in [0.29, 0.717) is 28.2 Å². The topological polar surface area (TPSA) is 89.2 Å². The van der Waals surface area contributed by atoms with Gasteiger partial charge in [0.1, 0.15) is 28.9 Å². The number of phenolic OH excluding ortho intramolecular Hbond substituents is 2. The lowest BCUT2D eigenvalue weighted by atomic mass is 9.98. The minimum atomic E-state index is -0.0909. The normalized spacial score (nSPS) is 10.3. The predicted molar refractivity (Wildman–Crippen MR) is 113 cm³/mol. The van der Waals surface area contributed by atoms with E-state index in [2.05, 4.69) is 16.4 Å². The molecule has 5 heteroatoms. The lowest BCUT2D eigenvalue weighted by molar-refractivity contribution is 0.452. The number of nitriles is 1. The monoisotopic (exact) mass is 379 g/mol. The highest BCUT2D eigenvalue weighted by Gasteiger charge is 2.17. The van der Waals surface area contributed by atoms with Gasteiger partial charge in [0, 0.05) is 22.9 Å². The van der Waals surface area contributed by atoms with E-state index in [9.17, 15) is 15.5 Å². The molecular weight excluding hydrogens is 362 g/mol. The number of nitrogens with zero attached hydrogens (tertiary/aromatic N) is 2. The van der Waals surface area contributed by atoms with Crippen molar-refractivity contribution < 1.29 is 10.2 Å². The average molecular weight is 379 g/mol. The molecule has 4 rings (SSSR count). The van der Waals surface area contributed by atoms with Crippen LogP contribution in [0.15, 0.2) is 84.9 Å². The Morgan fingerprint density at radius 1 is 0.793 bits per heavy atom. The second-order valence-electron chi connectivity index (χ2n) is 6.45. The van der Waals surface area contributed by atoms with Gasteiger partial charge in [-0.15, -0.1) is 0 Å². The van der Waals surface area contributed by atoms with E-state index >= 15 is 0 Å². The van der Waals surface area contributed by atoms with Crippen LogP contribution in [0, 0.1) is 11.3 Å². The molecule has 3 aromatic carbocycles. The summed E-state index contributed by atoms with van der Waals surface area (Å²) in [5.74, 6) is 0.264. The van der Waals surface area contributed by atoms with Crippen molar-refractivity contribution in [3.8, 4) is 40.0 Å². The number of phenols is 2. The zero-order valence-electron chi connectivity index (χ0n) is 15.4. The average Bonchev–Trinajstić information content (AvgIpc) is 2.74. The first kappa shape index (κ1) is 18.1. The number of para-hydroxylation sites is 1. The molecule has 0 fully saturated rings. The molecule has 4 aromatic rings. The van der Waals surface area contributed by atoms with Crippen molar-refractivity contribution in [1.29, 1.82) is 5.26 Å². The van der Waals surface area contributed by atoms with Crippen molar-refractivity contribution >= 4 is 11.5 Å². The van der Waals surface area contributed by atoms with Gasteiger partial charge in [-0.25, -0.2) is 4.98 Å². The lowest BCUT2D eigenvalue weighted by Gasteiger charge is -2.15. The molecule has 5 nitrogen and oxygen atoms in total. The van der Waals surface area contributed by atoms with Crippen LogP contribution >= 0.6 is 0 Å². The highest BCUT2D eigenvalue weighted by atomic mass is 16.3. The molecular formula is C24H17N3O2. The van der Waals surface area contributed by atoms with Crippen molar-refractivity contribution in [1.82, 2.24) is 4.98 Å². The van der Waals surface area contributed by atoms with Gasteiger partial charge in [-0.1, -0.05) is 48.5 Å². The third-order valence-corrected chi connectivity index (χ3v) is 4.51. The van der Waals surface area contributed by atoms with Crippen molar-refractivity contribution in [2.24, 2.45) is 0 Å². The highest BCUT2D eigenvalue weighted by molar-refractivity contribution is 5.83. The minimum Gasteiger partial charge on any atom is -0.508 e. The molecule has 1 aromatic heterocycles. The second-order valence-corrected chi connectivity index (χ2v) is 6.45. The Bertz CT molecular complexity index is 1200. The van der Waals surface area contributed by atoms with Crippen LogP contribution in [-0.4, -0.2) is 15.2 Å². The third-order valence-electron chi connectivity index (χ3n) is 4.51. The van der Waals surface area contributed by atoms with E-state index in [-0.39, 0.29) is 11.5 Å². The lowest BCUT2D eigenvalue weighted by Crippen LogP contribution is -2.01. The van der Waals surface area contributed by atoms with Crippen molar-refractivity contribution in [2.75, 3.05) is 5.32 Å². The number of aromatic nitrogens is 1. The summed E-state index contributed by atoms with van der Waals surface area (Å²) in [5, 5.41) is 33.0. The van der Waals surface area contributed by atoms with Crippen molar-refractivity contribution in [3.63, 3.8) is 0 Å². The maximum Gasteiger partial charge on any atom is 0.149 e. The van der Waals surface area contributed by atoms with E-state index < -0.39 is 0 Å². The fourth-order valence-electron chi connectivity index (χ4n) is 3.13. The molecule has 0 aliphatic rings. The summed E-state index contributed by atoms with van der Waals surface area (Å²) in [6.45, 7) is 0. The number of benzene rings is 3. The van der Waals surface area contributed by atoms with Gasteiger partial charge >= 0.3 is 0 Å². The van der Waals surface area contributed by atoms with E-state index in [1.807, 2.05) is 60.7 Å². The Hall–Kier alpha value is -4.30. The molecule has 3 N–H and O–H groups in total. The van der Waals surface area contributed by atoms with Crippen LogP contribution < -0.4 is 5.32 Å². The zero-order valence-corrected chi connectivity index (χ0v) is 15.4. The largest absolute Gasteiger partial charge is 0.508 e. The summed E-state index contributed by atoms with van der Waals surface area (Å²) in [6, 6.07) is 27.4. The first-order valence-electron chi connectivity index (χ1n) is 9.00. The minimum absolute atomic E-state index is 0.0363. The summed E-state index contributed by atoms with van der Waals surface area (Å²) >= 11 is 0. The smallest absolute Gasteiger partial charge is 0.149 e. The molecule has 0 radical (unpaired) electrons. The molecule has 0 spiro atoms. The number of rotatable bonds is 4. The van der Waals surface area contributed by atoms with Gasteiger partial charge in [0.25, 0.3) is 0 Å². The Morgan fingerprint density at radius 3 is 2.14 bits per heavy atom. The number of hydrogen-bond acceptors (Lipinski definition) is 5. The van der Waals surface area contributed by atoms with Gasteiger partial charge in [0.15, 0.2) is 0 Å². The van der Waals surface area contributed by atoms with Crippen LogP contribution in [0.4, 0.5) is 11.5 Å². The van der Waals surface area contributed by atoms with E-state index in [4.69, 9.17) is 0 Å². The zero-order chi connectivity index (χ0) is 20.2. The summed E-state index contributed by atoms with van der Waals surface area (Å²) in [5.41, 5.74) is 3.70. The number of anilines is 2. The first-order chi connectivity index (χ1) is 14.2. The number of aromatic hydroxyl groups is 2. The van der Waals surface area contributed by atoms with E-state index in [0.717, 1.165) is 11.3 Å². The number of nitrogens with one attached hydrogen (secondary N) is 1. The summed E-state index contributed by atoms with van der Waals surface area (Å²) < 4.78 is 0. The molecule has 140 valence electrons. The van der Waals surface area contributed by atoms with Gasteiger partial charge in [0.2, 0.25) is 0 Å². The number of pyridine rings is 1. The fourth-order valence-corrected chi connectivity index (χ4v) is 3.13. The quantitative estimate of drug-likeness (QED) is 0.439. The molecule has 0 saturated heterocycles. The van der Waals surface area contributed by atoms with Gasteiger partial charge < -0.3 is 15.5 Å². The van der Waals surface area contributed by atoms with Gasteiger partial charge in [-0.05, 0) is 35.9 Å². The highest BCUT2D eigenvalue weighted by Crippen LogP contribution is 2.37. The third kappa shape index (κ3) is 3.73. The van der Waals surface area contributed by atoms with Gasteiger partial charge in [0.05, 0.1) is 5.69 Å². The molecule has 0 aliphatic carbocycles. The van der Waals surface area contributed by atoms with Crippen LogP contribution in [0.2, 0.25) is 0 Å². The Kier molecular flexibility index (Phi) is 4.83. The molecule has 0 atom stereocenters. The Balaban J connectivity index is 1.95. The standard InChI is InChI=1S/C24H17N3O2/c25-15-21-20(16-7-3-1-4-8-16)14-22(19-12-11-18(28)13-23(19)29)27-24(21)26-17-9-5-2-6-10-17/h1-14,28-29H,(H,26,27). The molecule has 0 unspecified atom stereocenters. The molecule has 29 heavy (non-hydrogen) atoms. The maximum atomic E-state index is 10.3. The summed E-state index contributed by atoms with van der Waals surface area (Å²) in [7, 11) is 0. The SMILES string of the molecule is N#Cc1c(-c2ccccc2)cc(-c2ccc(O)cc2O)nc1Nc1ccccc1. The van der Waals surface area contributed by atoms with Crippen LogP contribution in [0.3, 0.4) is 0 Å². The maximum absolute atomic E-state index is 10.3. The van der Waals surface area contributed by atoms with Crippen LogP contribution in [0.5, 0.6) is 11.5 Å². The molecule has 0 amide bonds. The van der Waals surface area contributed by atoms with Crippen molar-refractivity contribution in [3.05, 3.63) is 90.5 Å². The van der Waals surface area contributed by atoms with E-state index in [1.165, 1.54) is 12.1 Å². The number of hydrogen-bond donors (Lipinski definition) is 3. The first-order valence-corrected chi connectivity index (χ1v) is 9.00. The fraction of sp³-hybridized carbons (Fsp3) is 0. The molecule has 1 heterocycles. The predicted octanol–water partition coefficient (Wildman–Crippen LogP) is 5.44.